The van der Waals surface area contributed by atoms with Gasteiger partial charge in [-0.2, -0.15) is 5.10 Å². The molecular formula is C13H23N3OS. The van der Waals surface area contributed by atoms with Crippen LogP contribution in [0.25, 0.3) is 0 Å². The molecule has 0 spiro atoms. The second kappa shape index (κ2) is 5.53. The first-order chi connectivity index (χ1) is 8.48. The number of hydrogen-bond donors (Lipinski definition) is 1. The largest absolute Gasteiger partial charge is 0.378 e. The first-order valence-electron chi connectivity index (χ1n) is 6.77. The lowest BCUT2D eigenvalue weighted by molar-refractivity contribution is 0.0109. The standard InChI is InChI=1S/C13H23N3OS/c1-13(2,3)16-11(14-15-12(16)18)8-7-10-6-4-5-9-17-10/h10H,4-9H2,1-3H3,(H,15,18). The zero-order chi connectivity index (χ0) is 13.2. The maximum Gasteiger partial charge on any atom is 0.195 e. The van der Waals surface area contributed by atoms with Crippen LogP contribution < -0.4 is 0 Å². The van der Waals surface area contributed by atoms with E-state index in [2.05, 4.69) is 35.5 Å². The molecular weight excluding hydrogens is 246 g/mol. The normalized spacial score (nSPS) is 21.2. The van der Waals surface area contributed by atoms with E-state index in [4.69, 9.17) is 17.0 Å². The Balaban J connectivity index is 2.03. The van der Waals surface area contributed by atoms with Crippen LogP contribution in [0.1, 0.15) is 52.3 Å². The molecule has 0 saturated carbocycles. The van der Waals surface area contributed by atoms with Crippen LogP contribution >= 0.6 is 12.2 Å². The summed E-state index contributed by atoms with van der Waals surface area (Å²) in [6, 6.07) is 0. The molecule has 1 atom stereocenters. The zero-order valence-corrected chi connectivity index (χ0v) is 12.3. The molecule has 0 amide bonds. The molecule has 1 N–H and O–H groups in total. The summed E-state index contributed by atoms with van der Waals surface area (Å²) in [7, 11) is 0. The molecule has 0 aromatic carbocycles. The van der Waals surface area contributed by atoms with Crippen molar-refractivity contribution in [3.05, 3.63) is 10.6 Å². The second-order valence-electron chi connectivity index (χ2n) is 5.98. The van der Waals surface area contributed by atoms with Gasteiger partial charge in [-0.25, -0.2) is 0 Å². The first-order valence-corrected chi connectivity index (χ1v) is 7.17. The number of rotatable bonds is 3. The highest BCUT2D eigenvalue weighted by Crippen LogP contribution is 2.20. The smallest absolute Gasteiger partial charge is 0.195 e. The fourth-order valence-electron chi connectivity index (χ4n) is 2.51. The van der Waals surface area contributed by atoms with Crippen molar-refractivity contribution < 1.29 is 4.74 Å². The Morgan fingerprint density at radius 2 is 2.22 bits per heavy atom. The van der Waals surface area contributed by atoms with Crippen LogP contribution in [0.3, 0.4) is 0 Å². The number of aromatic nitrogens is 3. The van der Waals surface area contributed by atoms with Gasteiger partial charge in [0, 0.05) is 18.6 Å². The average Bonchev–Trinajstić information content (AvgIpc) is 2.69. The second-order valence-corrected chi connectivity index (χ2v) is 6.37. The Hall–Kier alpha value is -0.680. The van der Waals surface area contributed by atoms with Crippen molar-refractivity contribution in [3.63, 3.8) is 0 Å². The summed E-state index contributed by atoms with van der Waals surface area (Å²) in [6.45, 7) is 7.37. The predicted octanol–water partition coefficient (Wildman–Crippen LogP) is 3.20. The van der Waals surface area contributed by atoms with Gasteiger partial charge in [-0.05, 0) is 58.7 Å². The lowest BCUT2D eigenvalue weighted by atomic mass is 10.0. The molecule has 4 nitrogen and oxygen atoms in total. The van der Waals surface area contributed by atoms with Crippen LogP contribution in [-0.4, -0.2) is 27.5 Å². The van der Waals surface area contributed by atoms with Gasteiger partial charge < -0.3 is 4.74 Å². The molecule has 2 rings (SSSR count). The Kier molecular flexibility index (Phi) is 4.22. The number of aromatic amines is 1. The predicted molar refractivity (Wildman–Crippen MR) is 74.3 cm³/mol. The maximum absolute atomic E-state index is 5.76. The third-order valence-electron chi connectivity index (χ3n) is 3.38. The van der Waals surface area contributed by atoms with Gasteiger partial charge in [0.15, 0.2) is 4.77 Å². The molecule has 1 aliphatic heterocycles. The van der Waals surface area contributed by atoms with E-state index in [9.17, 15) is 0 Å². The van der Waals surface area contributed by atoms with E-state index in [-0.39, 0.29) is 5.54 Å². The van der Waals surface area contributed by atoms with Crippen LogP contribution in [0.2, 0.25) is 0 Å². The molecule has 18 heavy (non-hydrogen) atoms. The fraction of sp³-hybridized carbons (Fsp3) is 0.846. The molecule has 0 radical (unpaired) electrons. The third kappa shape index (κ3) is 3.20. The Morgan fingerprint density at radius 1 is 1.44 bits per heavy atom. The molecule has 1 unspecified atom stereocenters. The van der Waals surface area contributed by atoms with Gasteiger partial charge in [-0.3, -0.25) is 9.67 Å². The highest BCUT2D eigenvalue weighted by Gasteiger charge is 2.21. The summed E-state index contributed by atoms with van der Waals surface area (Å²) < 4.78 is 8.59. The summed E-state index contributed by atoms with van der Waals surface area (Å²) in [5.41, 5.74) is -0.0210. The number of nitrogens with one attached hydrogen (secondary N) is 1. The summed E-state index contributed by atoms with van der Waals surface area (Å²) in [6.07, 6.45) is 6.04. The topological polar surface area (TPSA) is 42.8 Å². The minimum atomic E-state index is -0.0210. The van der Waals surface area contributed by atoms with E-state index < -0.39 is 0 Å². The zero-order valence-electron chi connectivity index (χ0n) is 11.5. The van der Waals surface area contributed by atoms with Crippen LogP contribution in [0, 0.1) is 4.77 Å². The van der Waals surface area contributed by atoms with Crippen molar-refractivity contribution in [2.24, 2.45) is 0 Å². The lowest BCUT2D eigenvalue weighted by Crippen LogP contribution is -2.26. The Morgan fingerprint density at radius 3 is 2.83 bits per heavy atom. The molecule has 1 aliphatic rings. The fourth-order valence-corrected chi connectivity index (χ4v) is 2.94. The number of H-pyrrole nitrogens is 1. The monoisotopic (exact) mass is 269 g/mol. The average molecular weight is 269 g/mol. The van der Waals surface area contributed by atoms with E-state index in [0.29, 0.717) is 10.9 Å². The molecule has 0 aliphatic carbocycles. The van der Waals surface area contributed by atoms with Crippen molar-refractivity contribution in [1.82, 2.24) is 14.8 Å². The van der Waals surface area contributed by atoms with Crippen molar-refractivity contribution >= 4 is 12.2 Å². The Bertz CT molecular complexity index is 438. The number of hydrogen-bond acceptors (Lipinski definition) is 3. The molecule has 1 saturated heterocycles. The van der Waals surface area contributed by atoms with Crippen molar-refractivity contribution in [2.75, 3.05) is 6.61 Å². The van der Waals surface area contributed by atoms with Gasteiger partial charge in [0.2, 0.25) is 0 Å². The number of ether oxygens (including phenoxy) is 1. The summed E-state index contributed by atoms with van der Waals surface area (Å²) in [5, 5.41) is 7.26. The molecule has 2 heterocycles. The van der Waals surface area contributed by atoms with Gasteiger partial charge >= 0.3 is 0 Å². The van der Waals surface area contributed by atoms with Crippen LogP contribution in [0.15, 0.2) is 0 Å². The highest BCUT2D eigenvalue weighted by atomic mass is 32.1. The molecule has 1 fully saturated rings. The van der Waals surface area contributed by atoms with Crippen molar-refractivity contribution in [1.29, 1.82) is 0 Å². The van der Waals surface area contributed by atoms with E-state index in [1.54, 1.807) is 0 Å². The van der Waals surface area contributed by atoms with Crippen LogP contribution in [0.4, 0.5) is 0 Å². The van der Waals surface area contributed by atoms with Gasteiger partial charge in [0.1, 0.15) is 5.82 Å². The van der Waals surface area contributed by atoms with Crippen LogP contribution in [-0.2, 0) is 16.7 Å². The quantitative estimate of drug-likeness (QED) is 0.857. The highest BCUT2D eigenvalue weighted by molar-refractivity contribution is 7.71. The SMILES string of the molecule is CC(C)(C)n1c(CCC2CCCCO2)n[nH]c1=S. The van der Waals surface area contributed by atoms with Gasteiger partial charge in [0.05, 0.1) is 6.10 Å². The molecule has 1 aromatic rings. The Labute approximate surface area is 114 Å². The molecule has 5 heteroatoms. The van der Waals surface area contributed by atoms with Crippen molar-refractivity contribution in [2.45, 2.75) is 64.5 Å². The van der Waals surface area contributed by atoms with E-state index in [0.717, 1.165) is 25.3 Å². The summed E-state index contributed by atoms with van der Waals surface area (Å²) in [5.74, 6) is 1.04. The minimum Gasteiger partial charge on any atom is -0.378 e. The third-order valence-corrected chi connectivity index (χ3v) is 3.65. The molecule has 1 aromatic heterocycles. The summed E-state index contributed by atoms with van der Waals surface area (Å²) >= 11 is 5.31. The first kappa shape index (κ1) is 13.7. The van der Waals surface area contributed by atoms with E-state index in [1.807, 2.05) is 0 Å². The number of aryl methyl sites for hydroxylation is 1. The lowest BCUT2D eigenvalue weighted by Gasteiger charge is -2.25. The van der Waals surface area contributed by atoms with Crippen molar-refractivity contribution in [3.8, 4) is 0 Å². The summed E-state index contributed by atoms with van der Waals surface area (Å²) in [4.78, 5) is 0. The molecule has 0 bridgehead atoms. The van der Waals surface area contributed by atoms with E-state index >= 15 is 0 Å². The maximum atomic E-state index is 5.76. The van der Waals surface area contributed by atoms with E-state index in [1.165, 1.54) is 19.3 Å². The molecule has 102 valence electrons. The van der Waals surface area contributed by atoms with Gasteiger partial charge in [-0.1, -0.05) is 0 Å². The van der Waals surface area contributed by atoms with Gasteiger partial charge in [-0.15, -0.1) is 0 Å². The number of nitrogens with zero attached hydrogens (tertiary/aromatic N) is 2. The minimum absolute atomic E-state index is 0.0210. The van der Waals surface area contributed by atoms with Crippen LogP contribution in [0.5, 0.6) is 0 Å². The van der Waals surface area contributed by atoms with Gasteiger partial charge in [0.25, 0.3) is 0 Å².